The van der Waals surface area contributed by atoms with Gasteiger partial charge < -0.3 is 26.8 Å². The van der Waals surface area contributed by atoms with Crippen molar-refractivity contribution in [3.05, 3.63) is 90.8 Å². The predicted molar refractivity (Wildman–Crippen MR) is 180 cm³/mol. The molecule has 4 aromatic heterocycles. The van der Waals surface area contributed by atoms with E-state index in [0.717, 1.165) is 37.3 Å². The number of carbonyl (C=O) groups is 1. The Morgan fingerprint density at radius 1 is 0.816 bits per heavy atom. The molecule has 0 amide bonds. The van der Waals surface area contributed by atoms with E-state index in [1.807, 2.05) is 26.2 Å². The lowest BCUT2D eigenvalue weighted by Crippen LogP contribution is -2.16. The van der Waals surface area contributed by atoms with Crippen LogP contribution in [0.15, 0.2) is 79.4 Å². The van der Waals surface area contributed by atoms with Gasteiger partial charge in [-0.25, -0.2) is 34.3 Å². The van der Waals surface area contributed by atoms with Gasteiger partial charge in [0, 0.05) is 23.4 Å². The zero-order valence-electron chi connectivity index (χ0n) is 26.4. The number of nitrogens with two attached hydrogens (primary N) is 2. The van der Waals surface area contributed by atoms with Gasteiger partial charge in [0.15, 0.2) is 11.6 Å². The SMILES string of the molecule is CN(C)CCCNc1cc(F)cc(-c2ccc3ncnc(N)c3n2)c1.Nc1ncnc2ccc(-c3cccc(C(F)(F)F)c3)nc12.O=CO. The number of rotatable bonds is 7. The number of alkyl halides is 3. The van der Waals surface area contributed by atoms with Gasteiger partial charge in [0.25, 0.3) is 6.47 Å². The second-order valence-electron chi connectivity index (χ2n) is 10.6. The monoisotopic (exact) mass is 676 g/mol. The third kappa shape index (κ3) is 9.74. The van der Waals surface area contributed by atoms with Crippen LogP contribution in [0.4, 0.5) is 34.9 Å². The zero-order valence-corrected chi connectivity index (χ0v) is 26.4. The Labute approximate surface area is 277 Å². The molecule has 16 heteroatoms. The molecule has 0 unspecified atom stereocenters. The van der Waals surface area contributed by atoms with Crippen molar-refractivity contribution in [1.82, 2.24) is 34.8 Å². The molecule has 6 aromatic rings. The maximum Gasteiger partial charge on any atom is 0.416 e. The van der Waals surface area contributed by atoms with Gasteiger partial charge in [-0.05, 0) is 81.7 Å². The Hall–Kier alpha value is -6.03. The molecule has 49 heavy (non-hydrogen) atoms. The fourth-order valence-corrected chi connectivity index (χ4v) is 4.56. The molecule has 254 valence electrons. The molecule has 2 aromatic carbocycles. The lowest BCUT2D eigenvalue weighted by atomic mass is 10.1. The largest absolute Gasteiger partial charge is 0.483 e. The fourth-order valence-electron chi connectivity index (χ4n) is 4.56. The van der Waals surface area contributed by atoms with Crippen LogP contribution in [-0.4, -0.2) is 73.6 Å². The van der Waals surface area contributed by atoms with Crippen LogP contribution in [0.5, 0.6) is 0 Å². The number of nitrogens with one attached hydrogen (secondary N) is 1. The van der Waals surface area contributed by atoms with E-state index in [-0.39, 0.29) is 18.1 Å². The minimum atomic E-state index is -4.39. The molecule has 0 saturated carbocycles. The number of anilines is 3. The first-order valence-electron chi connectivity index (χ1n) is 14.6. The molecular formula is C33H32F4N10O2. The van der Waals surface area contributed by atoms with Gasteiger partial charge in [-0.1, -0.05) is 12.1 Å². The van der Waals surface area contributed by atoms with Crippen molar-refractivity contribution in [2.45, 2.75) is 12.6 Å². The number of carboxylic acid groups (broad SMARTS) is 1. The maximum atomic E-state index is 14.0. The summed E-state index contributed by atoms with van der Waals surface area (Å²) >= 11 is 0. The Kier molecular flexibility index (Phi) is 11.8. The standard InChI is InChI=1S/C18H21FN6.C14H9F3N4.CH2O2/c1-25(2)7-3-6-21-14-9-12(8-13(19)10-14)15-4-5-16-17(24-15)18(20)23-11-22-16;15-14(16,17)9-3-1-2-8(6-9)10-4-5-11-12(21-10)13(18)20-7-19-11;2-1-3/h4-5,8-11,21H,3,6-7H2,1-2H3,(H2,20,22,23);1-7H,(H2,18,19,20);1H,(H,2,3). The zero-order chi connectivity index (χ0) is 35.6. The van der Waals surface area contributed by atoms with Gasteiger partial charge in [0.2, 0.25) is 0 Å². The molecule has 0 fully saturated rings. The van der Waals surface area contributed by atoms with E-state index in [2.05, 4.69) is 40.1 Å². The van der Waals surface area contributed by atoms with Gasteiger partial charge in [-0.2, -0.15) is 13.2 Å². The van der Waals surface area contributed by atoms with Crippen LogP contribution >= 0.6 is 0 Å². The predicted octanol–water partition coefficient (Wildman–Crippen LogP) is 5.77. The summed E-state index contributed by atoms with van der Waals surface area (Å²) in [6.45, 7) is 1.49. The van der Waals surface area contributed by atoms with Crippen LogP contribution in [0.3, 0.4) is 0 Å². The highest BCUT2D eigenvalue weighted by Gasteiger charge is 2.30. The van der Waals surface area contributed by atoms with Crippen molar-refractivity contribution in [3.63, 3.8) is 0 Å². The van der Waals surface area contributed by atoms with E-state index in [0.29, 0.717) is 50.4 Å². The highest BCUT2D eigenvalue weighted by Crippen LogP contribution is 2.32. The molecule has 6 N–H and O–H groups in total. The highest BCUT2D eigenvalue weighted by atomic mass is 19.4. The lowest BCUT2D eigenvalue weighted by molar-refractivity contribution is -0.137. The van der Waals surface area contributed by atoms with Crippen LogP contribution < -0.4 is 16.8 Å². The number of pyridine rings is 2. The van der Waals surface area contributed by atoms with E-state index >= 15 is 0 Å². The molecule has 0 aliphatic rings. The molecule has 0 radical (unpaired) electrons. The third-order valence-electron chi connectivity index (χ3n) is 6.81. The third-order valence-corrected chi connectivity index (χ3v) is 6.81. The van der Waals surface area contributed by atoms with E-state index < -0.39 is 11.7 Å². The smallest absolute Gasteiger partial charge is 0.416 e. The van der Waals surface area contributed by atoms with Crippen molar-refractivity contribution < 1.29 is 27.5 Å². The first-order chi connectivity index (χ1) is 23.4. The molecular weight excluding hydrogens is 644 g/mol. The minimum Gasteiger partial charge on any atom is -0.483 e. The summed E-state index contributed by atoms with van der Waals surface area (Å²) in [6.07, 6.45) is -0.712. The Morgan fingerprint density at radius 2 is 1.39 bits per heavy atom. The molecule has 6 rings (SSSR count). The Balaban J connectivity index is 0.000000207. The van der Waals surface area contributed by atoms with E-state index in [4.69, 9.17) is 21.4 Å². The summed E-state index contributed by atoms with van der Waals surface area (Å²) in [5, 5.41) is 10.1. The van der Waals surface area contributed by atoms with Crippen LogP contribution in [0.1, 0.15) is 12.0 Å². The fraction of sp³-hybridized carbons (Fsp3) is 0.182. The van der Waals surface area contributed by atoms with Gasteiger partial charge in [-0.15, -0.1) is 0 Å². The summed E-state index contributed by atoms with van der Waals surface area (Å²) in [4.78, 5) is 35.1. The van der Waals surface area contributed by atoms with E-state index in [1.165, 1.54) is 30.9 Å². The molecule has 4 heterocycles. The average molecular weight is 677 g/mol. The molecule has 0 aliphatic carbocycles. The normalized spacial score (nSPS) is 11.0. The number of nitrogen functional groups attached to an aromatic ring is 2. The lowest BCUT2D eigenvalue weighted by Gasteiger charge is -2.12. The first kappa shape index (κ1) is 35.8. The van der Waals surface area contributed by atoms with E-state index in [1.54, 1.807) is 24.3 Å². The summed E-state index contributed by atoms with van der Waals surface area (Å²) in [6, 6.07) is 16.7. The van der Waals surface area contributed by atoms with Crippen LogP contribution in [-0.2, 0) is 11.0 Å². The number of benzene rings is 2. The molecule has 0 saturated heterocycles. The number of hydrogen-bond donors (Lipinski definition) is 4. The van der Waals surface area contributed by atoms with Gasteiger partial charge >= 0.3 is 6.18 Å². The maximum absolute atomic E-state index is 14.0. The quantitative estimate of drug-likeness (QED) is 0.0912. The first-order valence-corrected chi connectivity index (χ1v) is 14.6. The van der Waals surface area contributed by atoms with Crippen LogP contribution in [0, 0.1) is 5.82 Å². The molecule has 0 bridgehead atoms. The number of hydrogen-bond acceptors (Lipinski definition) is 11. The topological polar surface area (TPSA) is 182 Å². The van der Waals surface area contributed by atoms with Gasteiger partial charge in [0.05, 0.1) is 28.0 Å². The molecule has 0 atom stereocenters. The second-order valence-corrected chi connectivity index (χ2v) is 10.6. The minimum absolute atomic E-state index is 0.189. The van der Waals surface area contributed by atoms with Crippen molar-refractivity contribution in [1.29, 1.82) is 0 Å². The van der Waals surface area contributed by atoms with Crippen LogP contribution in [0.25, 0.3) is 44.6 Å². The van der Waals surface area contributed by atoms with Gasteiger partial charge in [-0.3, -0.25) is 4.79 Å². The molecule has 0 aliphatic heterocycles. The Morgan fingerprint density at radius 3 is 1.94 bits per heavy atom. The number of aromatic nitrogens is 6. The van der Waals surface area contributed by atoms with Crippen molar-refractivity contribution >= 4 is 45.9 Å². The summed E-state index contributed by atoms with van der Waals surface area (Å²) < 4.78 is 52.2. The number of fused-ring (bicyclic) bond motifs is 2. The highest BCUT2D eigenvalue weighted by molar-refractivity contribution is 5.86. The van der Waals surface area contributed by atoms with E-state index in [9.17, 15) is 17.6 Å². The van der Waals surface area contributed by atoms with Crippen molar-refractivity contribution in [3.8, 4) is 22.5 Å². The summed E-state index contributed by atoms with van der Waals surface area (Å²) in [7, 11) is 4.06. The average Bonchev–Trinajstić information content (AvgIpc) is 3.07. The second kappa shape index (κ2) is 16.2. The van der Waals surface area contributed by atoms with Gasteiger partial charge in [0.1, 0.15) is 29.5 Å². The molecule has 12 nitrogen and oxygen atoms in total. The molecule has 0 spiro atoms. The van der Waals surface area contributed by atoms with Crippen LogP contribution in [0.2, 0.25) is 0 Å². The number of halogens is 4. The van der Waals surface area contributed by atoms with Crippen molar-refractivity contribution in [2.24, 2.45) is 0 Å². The van der Waals surface area contributed by atoms with Crippen molar-refractivity contribution in [2.75, 3.05) is 44.0 Å². The summed E-state index contributed by atoms with van der Waals surface area (Å²) in [5.74, 6) is 0.186. The Bertz CT molecular complexity index is 2040. The number of nitrogens with zero attached hydrogens (tertiary/aromatic N) is 7. The summed E-state index contributed by atoms with van der Waals surface area (Å²) in [5.41, 5.74) is 15.7.